The fourth-order valence-corrected chi connectivity index (χ4v) is 0. The molecule has 0 nitrogen and oxygen atoms in total. The second-order valence-electron chi connectivity index (χ2n) is 0.615. The molecule has 0 fully saturated rings. The van der Waals surface area contributed by atoms with E-state index in [2.05, 4.69) is 0 Å². The molecule has 0 aromatic carbocycles. The first-order chi connectivity index (χ1) is 2.00. The van der Waals surface area contributed by atoms with Crippen LogP contribution in [0.3, 0.4) is 0 Å². The van der Waals surface area contributed by atoms with E-state index in [-0.39, 0.29) is 31.1 Å². The number of hydrogen-bond acceptors (Lipinski definition) is 0. The van der Waals surface area contributed by atoms with E-state index in [0.717, 1.165) is 0 Å². The number of rotatable bonds is 0. The third-order valence-corrected chi connectivity index (χ3v) is 0. The molecule has 0 aliphatic heterocycles. The molecule has 0 radical (unpaired) electrons. The predicted molar refractivity (Wildman–Crippen MR) is 11.4 cm³/mol. The molecular weight excluding hydrogens is 319 g/mol. The van der Waals surface area contributed by atoms with E-state index in [1.54, 1.807) is 6.92 Å². The van der Waals surface area contributed by atoms with Crippen molar-refractivity contribution in [3.05, 3.63) is 6.92 Å². The molecule has 0 spiro atoms. The summed E-state index contributed by atoms with van der Waals surface area (Å²) < 4.78 is 30.7. The maximum atomic E-state index is 10.2. The Balaban J connectivity index is 0. The Morgan fingerprint density at radius 1 is 1.17 bits per heavy atom. The van der Waals surface area contributed by atoms with Crippen LogP contribution in [0.25, 0.3) is 0 Å². The van der Waals surface area contributed by atoms with Crippen molar-refractivity contribution in [1.29, 1.82) is 0 Å². The molecule has 4 heteroatoms. The van der Waals surface area contributed by atoms with Gasteiger partial charge in [-0.05, 0) is 0 Å². The van der Waals surface area contributed by atoms with Gasteiger partial charge in [0.2, 0.25) is 0 Å². The maximum absolute atomic E-state index is 10.2. The molecule has 0 bridgehead atoms. The SMILES string of the molecule is [CH2-]C(F)(F)F.[U]. The zero-order valence-electron chi connectivity index (χ0n) is 2.84. The minimum Gasteiger partial charge on any atom is -0.241 e. The van der Waals surface area contributed by atoms with Crippen LogP contribution in [0, 0.1) is 38.0 Å². The van der Waals surface area contributed by atoms with Crippen LogP contribution in [-0.2, 0) is 0 Å². The van der Waals surface area contributed by atoms with Gasteiger partial charge in [0.05, 0.1) is 0 Å². The smallest absolute Gasteiger partial charge is 0.241 e. The van der Waals surface area contributed by atoms with Crippen molar-refractivity contribution in [2.45, 2.75) is 6.18 Å². The monoisotopic (exact) mass is 321 g/mol. The Kier molecular flexibility index (Phi) is 4.86. The summed E-state index contributed by atoms with van der Waals surface area (Å²) in [5.74, 6) is 0. The fraction of sp³-hybridized carbons (Fsp3) is 0.500. The van der Waals surface area contributed by atoms with Gasteiger partial charge in [0.25, 0.3) is 6.18 Å². The zero-order valence-corrected chi connectivity index (χ0v) is 7.00. The molecule has 0 aliphatic rings. The summed E-state index contributed by atoms with van der Waals surface area (Å²) in [7, 11) is 0. The summed E-state index contributed by atoms with van der Waals surface area (Å²) in [6.07, 6.45) is -4.25. The van der Waals surface area contributed by atoms with Gasteiger partial charge in [0.1, 0.15) is 0 Å². The third kappa shape index (κ3) is 101. The van der Waals surface area contributed by atoms with E-state index in [9.17, 15) is 13.2 Å². The number of hydrogen-bond donors (Lipinski definition) is 0. The molecular formula is C2H2F3U-. The molecule has 0 heterocycles. The van der Waals surface area contributed by atoms with E-state index in [1.165, 1.54) is 0 Å². The summed E-state index contributed by atoms with van der Waals surface area (Å²) in [5, 5.41) is 0. The first-order valence-electron chi connectivity index (χ1n) is 0.921. The molecule has 6 heavy (non-hydrogen) atoms. The zero-order chi connectivity index (χ0) is 4.50. The van der Waals surface area contributed by atoms with Gasteiger partial charge in [-0.3, -0.25) is 0 Å². The summed E-state index contributed by atoms with van der Waals surface area (Å²) in [6.45, 7) is 1.77. The van der Waals surface area contributed by atoms with Crippen LogP contribution < -0.4 is 0 Å². The predicted octanol–water partition coefficient (Wildman–Crippen LogP) is 1.38. The molecule has 0 saturated heterocycles. The largest absolute Gasteiger partial charge is 0.268 e. The normalized spacial score (nSPS) is 10.0. The average Bonchev–Trinajstić information content (AvgIpc) is 0.722. The number of halogens is 3. The first-order valence-corrected chi connectivity index (χ1v) is 0.921. The molecule has 0 aliphatic carbocycles. The van der Waals surface area contributed by atoms with Crippen molar-refractivity contribution >= 4 is 0 Å². The minimum atomic E-state index is -4.25. The van der Waals surface area contributed by atoms with Gasteiger partial charge in [-0.15, -0.1) is 0 Å². The third-order valence-electron chi connectivity index (χ3n) is 0. The minimum absolute atomic E-state index is 0. The molecule has 0 atom stereocenters. The summed E-state index contributed by atoms with van der Waals surface area (Å²) in [5.41, 5.74) is 0. The van der Waals surface area contributed by atoms with Crippen LogP contribution in [0.1, 0.15) is 0 Å². The Morgan fingerprint density at radius 3 is 1.17 bits per heavy atom. The molecule has 0 rings (SSSR count). The van der Waals surface area contributed by atoms with Gasteiger partial charge in [-0.25, -0.2) is 20.1 Å². The molecule has 0 saturated carbocycles. The topological polar surface area (TPSA) is 0 Å². The first kappa shape index (κ1) is 9.96. The fourth-order valence-electron chi connectivity index (χ4n) is 0. The maximum Gasteiger partial charge on any atom is 0.268 e. The molecule has 0 aromatic heterocycles. The summed E-state index contributed by atoms with van der Waals surface area (Å²) in [6, 6.07) is 0. The van der Waals surface area contributed by atoms with Gasteiger partial charge >= 0.3 is 0 Å². The van der Waals surface area contributed by atoms with E-state index in [0.29, 0.717) is 0 Å². The second-order valence-corrected chi connectivity index (χ2v) is 0.615. The van der Waals surface area contributed by atoms with E-state index >= 15 is 0 Å². The van der Waals surface area contributed by atoms with Crippen molar-refractivity contribution in [1.82, 2.24) is 0 Å². The van der Waals surface area contributed by atoms with Crippen LogP contribution >= 0.6 is 0 Å². The Hall–Kier alpha value is 0.842. The molecule has 0 amide bonds. The standard InChI is InChI=1S/C2H2F3.U/c1-2(3,4)5;/h1H2;/q-1;. The molecule has 0 aromatic rings. The van der Waals surface area contributed by atoms with Crippen LogP contribution in [0.2, 0.25) is 0 Å². The number of alkyl halides is 3. The molecule has 36 valence electrons. The van der Waals surface area contributed by atoms with E-state index < -0.39 is 6.18 Å². The van der Waals surface area contributed by atoms with Gasteiger partial charge in [-0.1, -0.05) is 0 Å². The summed E-state index contributed by atoms with van der Waals surface area (Å²) >= 11 is 0. The average molecular weight is 321 g/mol. The van der Waals surface area contributed by atoms with Gasteiger partial charge in [-0.2, -0.15) is 0 Å². The van der Waals surface area contributed by atoms with Crippen molar-refractivity contribution in [3.8, 4) is 0 Å². The van der Waals surface area contributed by atoms with Crippen molar-refractivity contribution in [2.75, 3.05) is 0 Å². The van der Waals surface area contributed by atoms with Gasteiger partial charge < -0.3 is 0 Å². The quantitative estimate of drug-likeness (QED) is 0.592. The Bertz CT molecular complexity index is 24.3. The van der Waals surface area contributed by atoms with E-state index in [4.69, 9.17) is 0 Å². The van der Waals surface area contributed by atoms with Crippen LogP contribution in [0.15, 0.2) is 0 Å². The van der Waals surface area contributed by atoms with Crippen LogP contribution in [0.4, 0.5) is 13.2 Å². The Labute approximate surface area is 57.5 Å². The van der Waals surface area contributed by atoms with Crippen molar-refractivity contribution < 1.29 is 44.3 Å². The van der Waals surface area contributed by atoms with Crippen molar-refractivity contribution in [2.24, 2.45) is 0 Å². The van der Waals surface area contributed by atoms with Crippen molar-refractivity contribution in [3.63, 3.8) is 0 Å². The Morgan fingerprint density at radius 2 is 1.17 bits per heavy atom. The molecule has 0 unspecified atom stereocenters. The van der Waals surface area contributed by atoms with Crippen LogP contribution in [-0.4, -0.2) is 6.18 Å². The van der Waals surface area contributed by atoms with Gasteiger partial charge in [0, 0.05) is 31.1 Å². The van der Waals surface area contributed by atoms with Crippen LogP contribution in [0.5, 0.6) is 0 Å². The summed E-state index contributed by atoms with van der Waals surface area (Å²) in [4.78, 5) is 0. The van der Waals surface area contributed by atoms with E-state index in [1.807, 2.05) is 0 Å². The van der Waals surface area contributed by atoms with Gasteiger partial charge in [0.15, 0.2) is 0 Å². The molecule has 0 N–H and O–H groups in total. The second kappa shape index (κ2) is 2.93.